The third-order valence-electron chi connectivity index (χ3n) is 10.2. The Hall–Kier alpha value is -3.77. The SMILES string of the molecule is COc1nc(-c2cccc(-c3ccnc(-c4cc(OC)c5nc(CN[C@H]6CC[C@H](O)CC6)cn5c4)c3Cl)c2Cl)ccc1CN[C@H]1CC[C@@H](O)CC1. The summed E-state index contributed by atoms with van der Waals surface area (Å²) in [5, 5.41) is 27.9. The molecular formula is C39H44Cl2N6O4. The Bertz CT molecular complexity index is 1990. The molecule has 2 fully saturated rings. The van der Waals surface area contributed by atoms with Crippen molar-refractivity contribution in [3.8, 4) is 45.3 Å². The smallest absolute Gasteiger partial charge is 0.218 e. The summed E-state index contributed by atoms with van der Waals surface area (Å²) in [6.45, 7) is 1.25. The highest BCUT2D eigenvalue weighted by molar-refractivity contribution is 6.39. The molecule has 2 saturated carbocycles. The number of fused-ring (bicyclic) bond motifs is 1. The highest BCUT2D eigenvalue weighted by Gasteiger charge is 2.22. The number of benzene rings is 1. The van der Waals surface area contributed by atoms with Crippen LogP contribution in [0.25, 0.3) is 39.3 Å². The van der Waals surface area contributed by atoms with Gasteiger partial charge in [-0.2, -0.15) is 0 Å². The largest absolute Gasteiger partial charge is 0.493 e. The first-order chi connectivity index (χ1) is 24.8. The topological polar surface area (TPSA) is 126 Å². The van der Waals surface area contributed by atoms with Crippen molar-refractivity contribution in [1.29, 1.82) is 0 Å². The van der Waals surface area contributed by atoms with Gasteiger partial charge in [-0.1, -0.05) is 47.5 Å². The summed E-state index contributed by atoms with van der Waals surface area (Å²) in [5.74, 6) is 1.15. The molecule has 4 heterocycles. The summed E-state index contributed by atoms with van der Waals surface area (Å²) in [6.07, 6.45) is 12.4. The van der Waals surface area contributed by atoms with Gasteiger partial charge in [0.05, 0.1) is 53.6 Å². The number of rotatable bonds is 11. The molecule has 0 amide bonds. The summed E-state index contributed by atoms with van der Waals surface area (Å²) in [5.41, 5.74) is 6.88. The molecule has 10 nitrogen and oxygen atoms in total. The summed E-state index contributed by atoms with van der Waals surface area (Å²) >= 11 is 14.3. The Morgan fingerprint density at radius 1 is 0.765 bits per heavy atom. The molecule has 0 saturated heterocycles. The molecule has 0 bridgehead atoms. The van der Waals surface area contributed by atoms with Crippen molar-refractivity contribution in [2.75, 3.05) is 14.2 Å². The van der Waals surface area contributed by atoms with E-state index >= 15 is 0 Å². The van der Waals surface area contributed by atoms with Crippen molar-refractivity contribution in [3.05, 3.63) is 82.4 Å². The predicted octanol–water partition coefficient (Wildman–Crippen LogP) is 7.24. The molecule has 2 aliphatic rings. The number of hydrogen-bond acceptors (Lipinski definition) is 9. The average molecular weight is 732 g/mol. The number of nitrogens with zero attached hydrogens (tertiary/aromatic N) is 4. The van der Waals surface area contributed by atoms with Gasteiger partial charge in [-0.3, -0.25) is 4.98 Å². The lowest BCUT2D eigenvalue weighted by Gasteiger charge is -2.26. The van der Waals surface area contributed by atoms with E-state index in [-0.39, 0.29) is 12.2 Å². The molecule has 0 atom stereocenters. The number of hydrogen-bond donors (Lipinski definition) is 4. The van der Waals surface area contributed by atoms with Crippen molar-refractivity contribution >= 4 is 28.8 Å². The van der Waals surface area contributed by atoms with Crippen molar-refractivity contribution < 1.29 is 19.7 Å². The van der Waals surface area contributed by atoms with Gasteiger partial charge in [-0.25, -0.2) is 9.97 Å². The van der Waals surface area contributed by atoms with Gasteiger partial charge in [0.2, 0.25) is 5.88 Å². The summed E-state index contributed by atoms with van der Waals surface area (Å²) in [7, 11) is 3.26. The predicted molar refractivity (Wildman–Crippen MR) is 200 cm³/mol. The quantitative estimate of drug-likeness (QED) is 0.111. The zero-order chi connectivity index (χ0) is 35.5. The Labute approximate surface area is 308 Å². The molecule has 4 aromatic heterocycles. The maximum Gasteiger partial charge on any atom is 0.218 e. The van der Waals surface area contributed by atoms with E-state index < -0.39 is 0 Å². The van der Waals surface area contributed by atoms with Crippen LogP contribution in [-0.2, 0) is 13.1 Å². The second kappa shape index (κ2) is 15.9. The molecule has 0 radical (unpaired) electrons. The van der Waals surface area contributed by atoms with Crippen LogP contribution in [0.5, 0.6) is 11.6 Å². The lowest BCUT2D eigenvalue weighted by molar-refractivity contribution is 0.116. The molecule has 0 unspecified atom stereocenters. The van der Waals surface area contributed by atoms with E-state index in [1.54, 1.807) is 20.4 Å². The number of pyridine rings is 3. The van der Waals surface area contributed by atoms with E-state index in [1.807, 2.05) is 59.3 Å². The first-order valence-electron chi connectivity index (χ1n) is 17.7. The fourth-order valence-corrected chi connectivity index (χ4v) is 7.91. The van der Waals surface area contributed by atoms with Crippen molar-refractivity contribution in [2.24, 2.45) is 0 Å². The fourth-order valence-electron chi connectivity index (χ4n) is 7.27. The molecule has 0 spiro atoms. The molecule has 0 aliphatic heterocycles. The van der Waals surface area contributed by atoms with Crippen LogP contribution in [0.4, 0.5) is 0 Å². The number of ether oxygens (including phenoxy) is 2. The Kier molecular flexibility index (Phi) is 11.1. The zero-order valence-corrected chi connectivity index (χ0v) is 30.4. The van der Waals surface area contributed by atoms with Crippen molar-refractivity contribution in [2.45, 2.75) is 88.7 Å². The molecule has 2 aliphatic carbocycles. The lowest BCUT2D eigenvalue weighted by atomic mass is 9.93. The van der Waals surface area contributed by atoms with Crippen LogP contribution >= 0.6 is 23.2 Å². The number of aliphatic hydroxyl groups excluding tert-OH is 2. The molecule has 51 heavy (non-hydrogen) atoms. The third kappa shape index (κ3) is 7.87. The molecule has 5 aromatic rings. The van der Waals surface area contributed by atoms with Gasteiger partial charge in [0.15, 0.2) is 11.4 Å². The minimum atomic E-state index is -0.187. The monoisotopic (exact) mass is 730 g/mol. The standard InChI is InChI=1S/C39H44Cl2N6O4/c1-50-34-18-24(21-47-22-27(45-38(34)47)20-44-26-9-13-29(49)14-10-26)37-36(41)31(16-17-42-37)30-4-3-5-32(35(30)40)33-15-6-23(39(46-33)51-2)19-43-25-7-11-28(48)12-8-25/h3-6,15-18,21-22,25-26,28-29,43-44,48-49H,7-14,19-20H2,1-2H3/t25-,26-,28+,29-. The molecule has 1 aromatic carbocycles. The molecule has 4 N–H and O–H groups in total. The van der Waals surface area contributed by atoms with Gasteiger partial charge in [0.25, 0.3) is 0 Å². The van der Waals surface area contributed by atoms with Gasteiger partial charge >= 0.3 is 0 Å². The number of nitrogens with one attached hydrogen (secondary N) is 2. The first kappa shape index (κ1) is 35.6. The molecule has 7 rings (SSSR count). The normalized spacial score (nSPS) is 20.8. The van der Waals surface area contributed by atoms with E-state index in [9.17, 15) is 10.2 Å². The minimum absolute atomic E-state index is 0.185. The molecule has 12 heteroatoms. The van der Waals surface area contributed by atoms with E-state index in [4.69, 9.17) is 42.6 Å². The Morgan fingerprint density at radius 2 is 1.43 bits per heavy atom. The first-order valence-corrected chi connectivity index (χ1v) is 18.4. The highest BCUT2D eigenvalue weighted by Crippen LogP contribution is 2.42. The number of aliphatic hydroxyl groups is 2. The zero-order valence-electron chi connectivity index (χ0n) is 28.9. The number of imidazole rings is 1. The van der Waals surface area contributed by atoms with Crippen molar-refractivity contribution in [3.63, 3.8) is 0 Å². The van der Waals surface area contributed by atoms with E-state index in [1.165, 1.54) is 0 Å². The number of methoxy groups -OCH3 is 2. The maximum absolute atomic E-state index is 9.85. The van der Waals surface area contributed by atoms with Crippen LogP contribution in [0, 0.1) is 0 Å². The number of aromatic nitrogens is 4. The van der Waals surface area contributed by atoms with Crippen LogP contribution < -0.4 is 20.1 Å². The minimum Gasteiger partial charge on any atom is -0.493 e. The second-order valence-electron chi connectivity index (χ2n) is 13.6. The third-order valence-corrected chi connectivity index (χ3v) is 11.0. The maximum atomic E-state index is 9.85. The van der Waals surface area contributed by atoms with Gasteiger partial charge in [0, 0.05) is 71.6 Å². The van der Waals surface area contributed by atoms with Crippen LogP contribution in [0.1, 0.15) is 62.6 Å². The van der Waals surface area contributed by atoms with Crippen LogP contribution in [0.3, 0.4) is 0 Å². The summed E-state index contributed by atoms with van der Waals surface area (Å²) < 4.78 is 13.4. The fraction of sp³-hybridized carbons (Fsp3) is 0.410. The van der Waals surface area contributed by atoms with Gasteiger partial charge in [0.1, 0.15) is 0 Å². The average Bonchev–Trinajstić information content (AvgIpc) is 3.57. The van der Waals surface area contributed by atoms with Crippen LogP contribution in [0.15, 0.2) is 61.1 Å². The molecule has 268 valence electrons. The van der Waals surface area contributed by atoms with Gasteiger partial charge in [-0.15, -0.1) is 0 Å². The van der Waals surface area contributed by atoms with Crippen molar-refractivity contribution in [1.82, 2.24) is 30.0 Å². The lowest BCUT2D eigenvalue weighted by Crippen LogP contribution is -2.34. The van der Waals surface area contributed by atoms with Crippen LogP contribution in [-0.4, -0.2) is 68.1 Å². The molecular weight excluding hydrogens is 687 g/mol. The summed E-state index contributed by atoms with van der Waals surface area (Å²) in [4.78, 5) is 14.4. The van der Waals surface area contributed by atoms with Gasteiger partial charge in [-0.05, 0) is 69.6 Å². The Balaban J connectivity index is 1.14. The van der Waals surface area contributed by atoms with Crippen LogP contribution in [0.2, 0.25) is 10.0 Å². The summed E-state index contributed by atoms with van der Waals surface area (Å²) in [6, 6.07) is 14.3. The van der Waals surface area contributed by atoms with E-state index in [2.05, 4.69) is 15.6 Å². The Morgan fingerprint density at radius 3 is 2.12 bits per heavy atom. The van der Waals surface area contributed by atoms with E-state index in [0.717, 1.165) is 84.9 Å². The van der Waals surface area contributed by atoms with Gasteiger partial charge < -0.3 is 34.7 Å². The number of halogens is 2. The second-order valence-corrected chi connectivity index (χ2v) is 14.3. The highest BCUT2D eigenvalue weighted by atomic mass is 35.5. The van der Waals surface area contributed by atoms with E-state index in [0.29, 0.717) is 63.9 Å².